The molecule has 0 amide bonds. The normalized spacial score (nSPS) is 10.6. The predicted octanol–water partition coefficient (Wildman–Crippen LogP) is 2.65. The second-order valence-corrected chi connectivity index (χ2v) is 4.98. The van der Waals surface area contributed by atoms with E-state index in [4.69, 9.17) is 11.1 Å². The van der Waals surface area contributed by atoms with Crippen LogP contribution in [-0.4, -0.2) is 22.9 Å². The largest absolute Gasteiger partial charge is 0.384 e. The molecule has 0 atom stereocenters. The van der Waals surface area contributed by atoms with Crippen molar-refractivity contribution >= 4 is 17.3 Å². The van der Waals surface area contributed by atoms with Crippen molar-refractivity contribution in [1.29, 1.82) is 5.41 Å². The van der Waals surface area contributed by atoms with Crippen molar-refractivity contribution < 1.29 is 0 Å². The highest BCUT2D eigenvalue weighted by Gasteiger charge is 2.09. The van der Waals surface area contributed by atoms with Crippen LogP contribution in [0.15, 0.2) is 36.7 Å². The van der Waals surface area contributed by atoms with Crippen molar-refractivity contribution in [3.8, 4) is 0 Å². The van der Waals surface area contributed by atoms with Crippen molar-refractivity contribution in [2.45, 2.75) is 19.8 Å². The van der Waals surface area contributed by atoms with Gasteiger partial charge in [-0.15, -0.1) is 0 Å². The molecule has 5 nitrogen and oxygen atoms in total. The zero-order valence-electron chi connectivity index (χ0n) is 12.0. The SMILES string of the molecule is CC(C)c1cc(N(C)c2ccc(C(=N)N)cc2)ncn1. The van der Waals surface area contributed by atoms with Gasteiger partial charge < -0.3 is 10.6 Å². The first kappa shape index (κ1) is 14.0. The summed E-state index contributed by atoms with van der Waals surface area (Å²) in [6, 6.07) is 9.50. The molecule has 0 spiro atoms. The first-order valence-corrected chi connectivity index (χ1v) is 6.49. The molecule has 104 valence electrons. The Balaban J connectivity index is 2.28. The predicted molar refractivity (Wildman–Crippen MR) is 81.6 cm³/mol. The summed E-state index contributed by atoms with van der Waals surface area (Å²) in [6.45, 7) is 4.21. The first-order chi connectivity index (χ1) is 9.49. The Hall–Kier alpha value is -2.43. The van der Waals surface area contributed by atoms with E-state index in [9.17, 15) is 0 Å². The number of amidine groups is 1. The number of nitrogens with zero attached hydrogens (tertiary/aromatic N) is 3. The third-order valence-corrected chi connectivity index (χ3v) is 3.17. The van der Waals surface area contributed by atoms with Crippen LogP contribution in [-0.2, 0) is 0 Å². The van der Waals surface area contributed by atoms with Crippen LogP contribution in [0.1, 0.15) is 31.0 Å². The molecule has 0 unspecified atom stereocenters. The molecule has 20 heavy (non-hydrogen) atoms. The third-order valence-electron chi connectivity index (χ3n) is 3.17. The van der Waals surface area contributed by atoms with Crippen LogP contribution in [0.2, 0.25) is 0 Å². The van der Waals surface area contributed by atoms with Crippen molar-refractivity contribution in [2.75, 3.05) is 11.9 Å². The summed E-state index contributed by atoms with van der Waals surface area (Å²) in [7, 11) is 1.95. The van der Waals surface area contributed by atoms with Gasteiger partial charge in [0.05, 0.1) is 0 Å². The Morgan fingerprint density at radius 2 is 1.85 bits per heavy atom. The summed E-state index contributed by atoms with van der Waals surface area (Å²) >= 11 is 0. The van der Waals surface area contributed by atoms with Crippen LogP contribution in [0.25, 0.3) is 0 Å². The Bertz CT molecular complexity index is 604. The molecule has 3 N–H and O–H groups in total. The highest BCUT2D eigenvalue weighted by Crippen LogP contribution is 2.23. The van der Waals surface area contributed by atoms with Gasteiger partial charge >= 0.3 is 0 Å². The maximum atomic E-state index is 7.40. The fourth-order valence-electron chi connectivity index (χ4n) is 1.86. The number of nitrogens with one attached hydrogen (secondary N) is 1. The molecular weight excluding hydrogens is 250 g/mol. The first-order valence-electron chi connectivity index (χ1n) is 6.49. The van der Waals surface area contributed by atoms with E-state index in [-0.39, 0.29) is 5.84 Å². The molecule has 0 radical (unpaired) electrons. The van der Waals surface area contributed by atoms with E-state index in [1.807, 2.05) is 42.3 Å². The third kappa shape index (κ3) is 2.93. The van der Waals surface area contributed by atoms with Crippen LogP contribution in [0.4, 0.5) is 11.5 Å². The molecule has 1 aromatic heterocycles. The van der Waals surface area contributed by atoms with Crippen LogP contribution < -0.4 is 10.6 Å². The fourth-order valence-corrected chi connectivity index (χ4v) is 1.86. The van der Waals surface area contributed by atoms with Crippen molar-refractivity contribution in [2.24, 2.45) is 5.73 Å². The molecular formula is C15H19N5. The van der Waals surface area contributed by atoms with E-state index in [1.54, 1.807) is 6.33 Å². The number of anilines is 2. The van der Waals surface area contributed by atoms with E-state index >= 15 is 0 Å². The average Bonchev–Trinajstić information content (AvgIpc) is 2.46. The highest BCUT2D eigenvalue weighted by atomic mass is 15.2. The molecule has 0 aliphatic rings. The Morgan fingerprint density at radius 3 is 2.40 bits per heavy atom. The van der Waals surface area contributed by atoms with Crippen molar-refractivity contribution in [1.82, 2.24) is 9.97 Å². The van der Waals surface area contributed by atoms with E-state index in [0.29, 0.717) is 11.5 Å². The van der Waals surface area contributed by atoms with Gasteiger partial charge in [-0.05, 0) is 30.2 Å². The minimum absolute atomic E-state index is 0.0725. The molecule has 1 aromatic carbocycles. The Kier molecular flexibility index (Phi) is 3.98. The number of aromatic nitrogens is 2. The van der Waals surface area contributed by atoms with Gasteiger partial charge in [0.25, 0.3) is 0 Å². The minimum atomic E-state index is 0.0725. The molecule has 0 saturated heterocycles. The Labute approximate surface area is 119 Å². The van der Waals surface area contributed by atoms with Crippen LogP contribution in [0.3, 0.4) is 0 Å². The van der Waals surface area contributed by atoms with E-state index in [1.165, 1.54) is 0 Å². The average molecular weight is 269 g/mol. The maximum Gasteiger partial charge on any atom is 0.136 e. The molecule has 0 bridgehead atoms. The summed E-state index contributed by atoms with van der Waals surface area (Å²) in [5.41, 5.74) is 8.17. The van der Waals surface area contributed by atoms with Gasteiger partial charge in [0.15, 0.2) is 0 Å². The summed E-state index contributed by atoms with van der Waals surface area (Å²) in [4.78, 5) is 10.6. The number of nitrogen functional groups attached to an aromatic ring is 1. The van der Waals surface area contributed by atoms with Crippen LogP contribution in [0.5, 0.6) is 0 Å². The summed E-state index contributed by atoms with van der Waals surface area (Å²) in [6.07, 6.45) is 1.59. The highest BCUT2D eigenvalue weighted by molar-refractivity contribution is 5.95. The van der Waals surface area contributed by atoms with Crippen molar-refractivity contribution in [3.05, 3.63) is 47.9 Å². The number of rotatable bonds is 4. The van der Waals surface area contributed by atoms with Gasteiger partial charge in [0.2, 0.25) is 0 Å². The molecule has 0 aliphatic heterocycles. The van der Waals surface area contributed by atoms with Crippen LogP contribution >= 0.6 is 0 Å². The second-order valence-electron chi connectivity index (χ2n) is 4.98. The molecule has 2 aromatic rings. The molecule has 0 saturated carbocycles. The lowest BCUT2D eigenvalue weighted by Crippen LogP contribution is -2.14. The zero-order chi connectivity index (χ0) is 14.7. The van der Waals surface area contributed by atoms with Crippen LogP contribution in [0, 0.1) is 5.41 Å². The molecule has 2 rings (SSSR count). The summed E-state index contributed by atoms with van der Waals surface area (Å²) in [5.74, 6) is 1.29. The van der Waals surface area contributed by atoms with E-state index in [2.05, 4.69) is 23.8 Å². The molecule has 0 aliphatic carbocycles. The van der Waals surface area contributed by atoms with E-state index in [0.717, 1.165) is 17.2 Å². The quantitative estimate of drug-likeness (QED) is 0.660. The van der Waals surface area contributed by atoms with Gasteiger partial charge in [-0.3, -0.25) is 5.41 Å². The standard InChI is InChI=1S/C15H19N5/c1-10(2)13-8-14(19-9-18-13)20(3)12-6-4-11(5-7-12)15(16)17/h4-10H,1-3H3,(H3,16,17). The number of hydrogen-bond acceptors (Lipinski definition) is 4. The molecule has 0 fully saturated rings. The fraction of sp³-hybridized carbons (Fsp3) is 0.267. The number of benzene rings is 1. The lowest BCUT2D eigenvalue weighted by atomic mass is 10.1. The lowest BCUT2D eigenvalue weighted by Gasteiger charge is -2.19. The van der Waals surface area contributed by atoms with Gasteiger partial charge in [0, 0.05) is 30.1 Å². The van der Waals surface area contributed by atoms with Gasteiger partial charge in [-0.2, -0.15) is 0 Å². The van der Waals surface area contributed by atoms with Crippen molar-refractivity contribution in [3.63, 3.8) is 0 Å². The minimum Gasteiger partial charge on any atom is -0.384 e. The van der Waals surface area contributed by atoms with Gasteiger partial charge in [-0.25, -0.2) is 9.97 Å². The summed E-state index contributed by atoms with van der Waals surface area (Å²) in [5, 5.41) is 7.40. The van der Waals surface area contributed by atoms with Gasteiger partial charge in [0.1, 0.15) is 18.0 Å². The second kappa shape index (κ2) is 5.69. The van der Waals surface area contributed by atoms with Gasteiger partial charge in [-0.1, -0.05) is 13.8 Å². The Morgan fingerprint density at radius 1 is 1.20 bits per heavy atom. The molecule has 1 heterocycles. The lowest BCUT2D eigenvalue weighted by molar-refractivity contribution is 0.812. The topological polar surface area (TPSA) is 78.9 Å². The molecule has 5 heteroatoms. The maximum absolute atomic E-state index is 7.40. The zero-order valence-corrected chi connectivity index (χ0v) is 12.0. The number of nitrogens with two attached hydrogens (primary N) is 1. The monoisotopic (exact) mass is 269 g/mol. The summed E-state index contributed by atoms with van der Waals surface area (Å²) < 4.78 is 0. The smallest absolute Gasteiger partial charge is 0.136 e. The number of hydrogen-bond donors (Lipinski definition) is 2. The van der Waals surface area contributed by atoms with E-state index < -0.39 is 0 Å².